The van der Waals surface area contributed by atoms with Crippen molar-refractivity contribution in [1.82, 2.24) is 9.88 Å². The van der Waals surface area contributed by atoms with Crippen LogP contribution in [0, 0.1) is 5.82 Å². The van der Waals surface area contributed by atoms with Gasteiger partial charge in [0.2, 0.25) is 0 Å². The Hall–Kier alpha value is -1.65. The van der Waals surface area contributed by atoms with Gasteiger partial charge in [-0.2, -0.15) is 0 Å². The van der Waals surface area contributed by atoms with Gasteiger partial charge in [0.15, 0.2) is 0 Å². The standard InChI is InChI=1S/C16H13Cl2FN2O/c1-9-12-8-11(19)3-2-10(12)6-7-21(9)16(22)15-13(17)4-5-14(18)20-15/h2-5,8-9H,6-7H2,1H3. The molecule has 1 unspecified atom stereocenters. The number of nitrogens with zero attached hydrogens (tertiary/aromatic N) is 2. The van der Waals surface area contributed by atoms with Crippen LogP contribution in [0.4, 0.5) is 4.39 Å². The van der Waals surface area contributed by atoms with Gasteiger partial charge >= 0.3 is 0 Å². The van der Waals surface area contributed by atoms with Gasteiger partial charge in [-0.3, -0.25) is 4.79 Å². The lowest BCUT2D eigenvalue weighted by Crippen LogP contribution is -2.39. The number of amides is 1. The fourth-order valence-electron chi connectivity index (χ4n) is 2.77. The maximum atomic E-state index is 13.5. The van der Waals surface area contributed by atoms with Crippen molar-refractivity contribution in [2.75, 3.05) is 6.54 Å². The lowest BCUT2D eigenvalue weighted by Gasteiger charge is -2.35. The van der Waals surface area contributed by atoms with Crippen LogP contribution >= 0.6 is 23.2 Å². The molecular formula is C16H13Cl2FN2O. The number of benzene rings is 1. The Morgan fingerprint density at radius 2 is 2.09 bits per heavy atom. The Balaban J connectivity index is 1.96. The van der Waals surface area contributed by atoms with Crippen LogP contribution in [0.2, 0.25) is 10.2 Å². The second-order valence-electron chi connectivity index (χ2n) is 5.23. The van der Waals surface area contributed by atoms with Crippen molar-refractivity contribution in [2.24, 2.45) is 0 Å². The highest BCUT2D eigenvalue weighted by atomic mass is 35.5. The van der Waals surface area contributed by atoms with Crippen molar-refractivity contribution < 1.29 is 9.18 Å². The molecule has 0 N–H and O–H groups in total. The zero-order valence-electron chi connectivity index (χ0n) is 11.8. The molecule has 2 heterocycles. The van der Waals surface area contributed by atoms with E-state index in [1.807, 2.05) is 6.92 Å². The van der Waals surface area contributed by atoms with Gasteiger partial charge in [-0.25, -0.2) is 9.37 Å². The first-order valence-corrected chi connectivity index (χ1v) is 7.64. The van der Waals surface area contributed by atoms with E-state index in [4.69, 9.17) is 23.2 Å². The quantitative estimate of drug-likeness (QED) is 0.727. The van der Waals surface area contributed by atoms with E-state index in [1.54, 1.807) is 17.0 Å². The summed E-state index contributed by atoms with van der Waals surface area (Å²) in [5.41, 5.74) is 2.00. The molecule has 1 amide bonds. The smallest absolute Gasteiger partial charge is 0.274 e. The zero-order chi connectivity index (χ0) is 15.9. The summed E-state index contributed by atoms with van der Waals surface area (Å²) in [6.07, 6.45) is 0.671. The number of carbonyl (C=O) groups excluding carboxylic acids is 1. The van der Waals surface area contributed by atoms with E-state index in [0.29, 0.717) is 13.0 Å². The fraction of sp³-hybridized carbons (Fsp3) is 0.250. The van der Waals surface area contributed by atoms with E-state index in [2.05, 4.69) is 4.98 Å². The molecule has 1 aliphatic rings. The van der Waals surface area contributed by atoms with Gasteiger partial charge in [0.25, 0.3) is 5.91 Å². The van der Waals surface area contributed by atoms with Crippen LogP contribution in [0.5, 0.6) is 0 Å². The predicted molar refractivity (Wildman–Crippen MR) is 83.8 cm³/mol. The Labute approximate surface area is 137 Å². The minimum atomic E-state index is -0.307. The molecule has 0 saturated carbocycles. The predicted octanol–water partition coefficient (Wildman–Crippen LogP) is 4.29. The number of hydrogen-bond acceptors (Lipinski definition) is 2. The average molecular weight is 339 g/mol. The van der Waals surface area contributed by atoms with E-state index in [9.17, 15) is 9.18 Å². The molecule has 0 aliphatic carbocycles. The topological polar surface area (TPSA) is 33.2 Å². The van der Waals surface area contributed by atoms with Crippen LogP contribution in [0.15, 0.2) is 30.3 Å². The number of carbonyl (C=O) groups is 1. The third-order valence-electron chi connectivity index (χ3n) is 3.92. The van der Waals surface area contributed by atoms with Crippen LogP contribution in [-0.4, -0.2) is 22.3 Å². The average Bonchev–Trinajstić information content (AvgIpc) is 2.50. The molecule has 0 radical (unpaired) electrons. The highest BCUT2D eigenvalue weighted by Crippen LogP contribution is 2.32. The minimum Gasteiger partial charge on any atom is -0.330 e. The summed E-state index contributed by atoms with van der Waals surface area (Å²) in [6.45, 7) is 2.40. The maximum Gasteiger partial charge on any atom is 0.274 e. The molecule has 3 nitrogen and oxygen atoms in total. The number of rotatable bonds is 1. The third kappa shape index (κ3) is 2.69. The fourth-order valence-corrected chi connectivity index (χ4v) is 3.10. The summed E-state index contributed by atoms with van der Waals surface area (Å²) in [5.74, 6) is -0.603. The maximum absolute atomic E-state index is 13.5. The van der Waals surface area contributed by atoms with Gasteiger partial charge in [0, 0.05) is 6.54 Å². The molecule has 0 saturated heterocycles. The van der Waals surface area contributed by atoms with Crippen LogP contribution in [-0.2, 0) is 6.42 Å². The number of pyridine rings is 1. The molecule has 0 spiro atoms. The lowest BCUT2D eigenvalue weighted by molar-refractivity contribution is 0.0671. The molecular weight excluding hydrogens is 326 g/mol. The van der Waals surface area contributed by atoms with Crippen LogP contribution in [0.1, 0.15) is 34.6 Å². The second-order valence-corrected chi connectivity index (χ2v) is 6.03. The molecule has 0 bridgehead atoms. The van der Waals surface area contributed by atoms with Crippen molar-refractivity contribution in [3.05, 3.63) is 63.1 Å². The summed E-state index contributed by atoms with van der Waals surface area (Å²) in [6, 6.07) is 7.53. The highest BCUT2D eigenvalue weighted by Gasteiger charge is 2.30. The van der Waals surface area contributed by atoms with Crippen LogP contribution in [0.3, 0.4) is 0 Å². The summed E-state index contributed by atoms with van der Waals surface area (Å²) < 4.78 is 13.5. The number of halogens is 3. The molecule has 2 aromatic rings. The number of hydrogen-bond donors (Lipinski definition) is 0. The normalized spacial score (nSPS) is 17.3. The van der Waals surface area contributed by atoms with E-state index in [-0.39, 0.29) is 33.6 Å². The van der Waals surface area contributed by atoms with Gasteiger partial charge < -0.3 is 4.90 Å². The van der Waals surface area contributed by atoms with Gasteiger partial charge in [-0.1, -0.05) is 29.3 Å². The largest absolute Gasteiger partial charge is 0.330 e. The summed E-state index contributed by atoms with van der Waals surface area (Å²) in [5, 5.41) is 0.468. The summed E-state index contributed by atoms with van der Waals surface area (Å²) >= 11 is 11.9. The second kappa shape index (κ2) is 5.86. The molecule has 22 heavy (non-hydrogen) atoms. The minimum absolute atomic E-state index is 0.126. The first-order valence-electron chi connectivity index (χ1n) is 6.88. The molecule has 1 atom stereocenters. The molecule has 1 aromatic carbocycles. The molecule has 0 fully saturated rings. The summed E-state index contributed by atoms with van der Waals surface area (Å²) in [7, 11) is 0. The highest BCUT2D eigenvalue weighted by molar-refractivity contribution is 6.34. The van der Waals surface area contributed by atoms with E-state index in [1.165, 1.54) is 18.2 Å². The van der Waals surface area contributed by atoms with Crippen molar-refractivity contribution >= 4 is 29.1 Å². The van der Waals surface area contributed by atoms with Gasteiger partial charge in [-0.05, 0) is 48.7 Å². The van der Waals surface area contributed by atoms with Crippen LogP contribution in [0.25, 0.3) is 0 Å². The Morgan fingerprint density at radius 3 is 2.86 bits per heavy atom. The lowest BCUT2D eigenvalue weighted by atomic mass is 9.93. The molecule has 1 aromatic heterocycles. The molecule has 6 heteroatoms. The van der Waals surface area contributed by atoms with Gasteiger partial charge in [0.05, 0.1) is 11.1 Å². The van der Waals surface area contributed by atoms with Crippen LogP contribution < -0.4 is 0 Å². The Kier molecular flexibility index (Phi) is 4.06. The van der Waals surface area contributed by atoms with Crippen molar-refractivity contribution in [3.8, 4) is 0 Å². The first kappa shape index (κ1) is 15.3. The first-order chi connectivity index (χ1) is 10.5. The molecule has 3 rings (SSSR count). The number of fused-ring (bicyclic) bond motifs is 1. The Morgan fingerprint density at radius 1 is 1.32 bits per heavy atom. The SMILES string of the molecule is CC1c2cc(F)ccc2CCN1C(=O)c1nc(Cl)ccc1Cl. The zero-order valence-corrected chi connectivity index (χ0v) is 13.3. The molecule has 114 valence electrons. The van der Waals surface area contributed by atoms with E-state index < -0.39 is 0 Å². The number of aromatic nitrogens is 1. The Bertz CT molecular complexity index is 751. The van der Waals surface area contributed by atoms with E-state index in [0.717, 1.165) is 11.1 Å². The van der Waals surface area contributed by atoms with E-state index >= 15 is 0 Å². The van der Waals surface area contributed by atoms with Crippen molar-refractivity contribution in [2.45, 2.75) is 19.4 Å². The van der Waals surface area contributed by atoms with Crippen molar-refractivity contribution in [1.29, 1.82) is 0 Å². The third-order valence-corrected chi connectivity index (χ3v) is 4.44. The summed E-state index contributed by atoms with van der Waals surface area (Å²) in [4.78, 5) is 18.4. The van der Waals surface area contributed by atoms with Gasteiger partial charge in [0.1, 0.15) is 16.7 Å². The van der Waals surface area contributed by atoms with Crippen molar-refractivity contribution in [3.63, 3.8) is 0 Å². The monoisotopic (exact) mass is 338 g/mol. The molecule has 1 aliphatic heterocycles. The van der Waals surface area contributed by atoms with Gasteiger partial charge in [-0.15, -0.1) is 0 Å².